The Balaban J connectivity index is 1.98. The summed E-state index contributed by atoms with van der Waals surface area (Å²) >= 11 is 0. The van der Waals surface area contributed by atoms with Crippen molar-refractivity contribution in [1.82, 2.24) is 29.7 Å². The van der Waals surface area contributed by atoms with Crippen molar-refractivity contribution in [3.05, 3.63) is 16.7 Å². The predicted molar refractivity (Wildman–Crippen MR) is 144 cm³/mol. The van der Waals surface area contributed by atoms with Gasteiger partial charge in [0.1, 0.15) is 12.1 Å². The number of hydrogen-bond donors (Lipinski definition) is 5. The Morgan fingerprint density at radius 2 is 1.66 bits per heavy atom. The number of ether oxygens (including phenoxy) is 3. The number of imidazole rings is 1. The molecule has 0 aliphatic carbocycles. The quantitative estimate of drug-likeness (QED) is 0.116. The summed E-state index contributed by atoms with van der Waals surface area (Å²) in [6.07, 6.45) is -10.5. The molecule has 3 heterocycles. The largest absolute Gasteiger partial charge is 0.462 e. The van der Waals surface area contributed by atoms with Crippen LogP contribution in [0.15, 0.2) is 11.1 Å². The number of halogens is 4. The molecule has 2 aromatic heterocycles. The minimum Gasteiger partial charge on any atom is -0.462 e. The summed E-state index contributed by atoms with van der Waals surface area (Å²) < 4.78 is 94.7. The molecule has 1 fully saturated rings. The minimum atomic E-state index is -4.83. The third-order valence-corrected chi connectivity index (χ3v) is 8.12. The van der Waals surface area contributed by atoms with Gasteiger partial charge in [0.15, 0.2) is 22.9 Å². The van der Waals surface area contributed by atoms with Gasteiger partial charge >= 0.3 is 25.5 Å². The van der Waals surface area contributed by atoms with Gasteiger partial charge in [-0.15, -0.1) is 0 Å². The number of H-pyrrole nitrogens is 1. The number of hydrogen-bond acceptors (Lipinski definition) is 12. The molecule has 0 aromatic carbocycles. The highest BCUT2D eigenvalue weighted by molar-refractivity contribution is 7.54. The third kappa shape index (κ3) is 7.21. The van der Waals surface area contributed by atoms with Crippen LogP contribution in [0.3, 0.4) is 0 Å². The van der Waals surface area contributed by atoms with E-state index in [1.807, 2.05) is 0 Å². The molecule has 0 unspecified atom stereocenters. The minimum absolute atomic E-state index is 0.429. The maximum absolute atomic E-state index is 15.5. The lowest BCUT2D eigenvalue weighted by Crippen LogP contribution is -2.55. The number of nitrogens with two attached hydrogens (primary N) is 1. The van der Waals surface area contributed by atoms with Crippen molar-refractivity contribution >= 4 is 36.7 Å². The molecule has 0 bridgehead atoms. The molecule has 1 aliphatic rings. The van der Waals surface area contributed by atoms with Crippen molar-refractivity contribution in [2.24, 2.45) is 0 Å². The van der Waals surface area contributed by atoms with Crippen LogP contribution in [0.4, 0.5) is 23.5 Å². The predicted octanol–water partition coefficient (Wildman–Crippen LogP) is 1.21. The van der Waals surface area contributed by atoms with Crippen LogP contribution in [0.1, 0.15) is 47.8 Å². The molecule has 21 heteroatoms. The van der Waals surface area contributed by atoms with E-state index in [9.17, 15) is 32.8 Å². The molecule has 1 aliphatic heterocycles. The Morgan fingerprint density at radius 3 is 2.14 bits per heavy atom. The summed E-state index contributed by atoms with van der Waals surface area (Å²) in [7, 11) is -4.83. The Labute approximate surface area is 247 Å². The van der Waals surface area contributed by atoms with E-state index in [0.717, 1.165) is 0 Å². The summed E-state index contributed by atoms with van der Waals surface area (Å²) in [6, 6.07) is -2.89. The molecule has 0 amide bonds. The number of esters is 2. The van der Waals surface area contributed by atoms with Crippen LogP contribution >= 0.6 is 7.67 Å². The number of nitrogen functional groups attached to an aromatic ring is 1. The van der Waals surface area contributed by atoms with E-state index in [0.29, 0.717) is 10.9 Å². The van der Waals surface area contributed by atoms with Crippen LogP contribution in [0.2, 0.25) is 0 Å². The van der Waals surface area contributed by atoms with Gasteiger partial charge in [-0.1, -0.05) is 0 Å². The summed E-state index contributed by atoms with van der Waals surface area (Å²) in [4.78, 5) is 46.3. The molecular formula is C23H34F4N7O9P. The average Bonchev–Trinajstić information content (AvgIpc) is 3.39. The molecule has 248 valence electrons. The van der Waals surface area contributed by atoms with Crippen molar-refractivity contribution < 1.29 is 55.6 Å². The van der Waals surface area contributed by atoms with Crippen molar-refractivity contribution in [3.8, 4) is 0 Å². The number of aliphatic hydroxyl groups excluding tert-OH is 1. The highest BCUT2D eigenvalue weighted by atomic mass is 31.2. The highest BCUT2D eigenvalue weighted by Crippen LogP contribution is 2.53. The lowest BCUT2D eigenvalue weighted by Gasteiger charge is -2.33. The smallest absolute Gasteiger partial charge is 0.342 e. The lowest BCUT2D eigenvalue weighted by molar-refractivity contribution is -0.191. The standard InChI is InChI=1S/C23H34F4N7O9P/c1-9(2)41-16(36)11(5)32-44(39,33-12(6)17(37)42-10(3)4)40-7-22(19(24)25)18(38)23(26,27)20(43-22)34-8-29-13-14(34)30-21(28)31-15(13)35/h8-12,18-20,38H,7H2,1-6H3,(H2,32,33,39)(H3,28,30,31,35)/t11-,12-,18+,20+,22+/m0/s1. The number of aliphatic hydroxyl groups is 1. The molecular weight excluding hydrogens is 625 g/mol. The maximum Gasteiger partial charge on any atom is 0.342 e. The first kappa shape index (κ1) is 35.3. The number of carbonyl (C=O) groups excluding carboxylic acids is 2. The molecule has 2 aromatic rings. The van der Waals surface area contributed by atoms with Crippen molar-refractivity contribution in [3.63, 3.8) is 0 Å². The van der Waals surface area contributed by atoms with Gasteiger partial charge in [-0.3, -0.25) is 28.5 Å². The Kier molecular flexibility index (Phi) is 10.5. The molecule has 6 N–H and O–H groups in total. The zero-order valence-corrected chi connectivity index (χ0v) is 25.3. The average molecular weight is 660 g/mol. The van der Waals surface area contributed by atoms with E-state index in [1.54, 1.807) is 0 Å². The summed E-state index contributed by atoms with van der Waals surface area (Å²) in [5.41, 5.74) is -0.0558. The normalized spacial score (nSPS) is 23.4. The van der Waals surface area contributed by atoms with Crippen LogP contribution in [-0.2, 0) is 32.9 Å². The van der Waals surface area contributed by atoms with Gasteiger partial charge in [0.05, 0.1) is 25.1 Å². The number of carbonyl (C=O) groups is 2. The maximum atomic E-state index is 15.5. The summed E-state index contributed by atoms with van der Waals surface area (Å²) in [5, 5.41) is 15.0. The summed E-state index contributed by atoms with van der Waals surface area (Å²) in [6.45, 7) is 6.77. The fourth-order valence-corrected chi connectivity index (χ4v) is 5.94. The van der Waals surface area contributed by atoms with Crippen molar-refractivity contribution in [2.45, 2.75) is 96.1 Å². The SMILES string of the molecule is CC(C)OC(=O)[C@H](C)NP(=O)(N[C@@H](C)C(=O)OC(C)C)OC[C@@]1(C(F)F)O[C@@H](n2cnc3c(=O)[nH]c(N)nc32)C(F)(F)[C@@H]1O. The molecule has 5 atom stereocenters. The number of fused-ring (bicyclic) bond motifs is 1. The van der Waals surface area contributed by atoms with Gasteiger partial charge in [0.2, 0.25) is 12.2 Å². The molecule has 44 heavy (non-hydrogen) atoms. The number of alkyl halides is 4. The van der Waals surface area contributed by atoms with E-state index in [1.165, 1.54) is 41.5 Å². The van der Waals surface area contributed by atoms with Crippen LogP contribution in [-0.4, -0.2) is 91.5 Å². The number of nitrogens with one attached hydrogen (secondary N) is 3. The third-order valence-electron chi connectivity index (χ3n) is 6.17. The van der Waals surface area contributed by atoms with E-state index >= 15 is 8.78 Å². The first-order chi connectivity index (χ1) is 20.2. The molecule has 0 radical (unpaired) electrons. The Hall–Kier alpha value is -3.16. The fraction of sp³-hybridized carbons (Fsp3) is 0.696. The fourth-order valence-electron chi connectivity index (χ4n) is 4.10. The monoisotopic (exact) mass is 659 g/mol. The number of aromatic amines is 1. The van der Waals surface area contributed by atoms with Gasteiger partial charge in [-0.05, 0) is 41.5 Å². The molecule has 0 saturated carbocycles. The van der Waals surface area contributed by atoms with Gasteiger partial charge in [0.25, 0.3) is 12.0 Å². The lowest BCUT2D eigenvalue weighted by atomic mass is 9.96. The van der Waals surface area contributed by atoms with Gasteiger partial charge in [-0.2, -0.15) is 13.8 Å². The van der Waals surface area contributed by atoms with E-state index < -0.39 is 103 Å². The number of anilines is 1. The molecule has 16 nitrogen and oxygen atoms in total. The first-order valence-electron chi connectivity index (χ1n) is 13.2. The molecule has 0 spiro atoms. The second kappa shape index (κ2) is 13.1. The topological polar surface area (TPSA) is 222 Å². The van der Waals surface area contributed by atoms with Gasteiger partial charge < -0.3 is 29.6 Å². The van der Waals surface area contributed by atoms with Gasteiger partial charge in [0, 0.05) is 0 Å². The van der Waals surface area contributed by atoms with Gasteiger partial charge in [-0.25, -0.2) is 23.9 Å². The Morgan fingerprint density at radius 1 is 1.14 bits per heavy atom. The second-order valence-electron chi connectivity index (χ2n) is 10.6. The number of nitrogens with zero attached hydrogens (tertiary/aromatic N) is 3. The zero-order valence-electron chi connectivity index (χ0n) is 24.4. The van der Waals surface area contributed by atoms with E-state index in [-0.39, 0.29) is 0 Å². The first-order valence-corrected chi connectivity index (χ1v) is 14.8. The van der Waals surface area contributed by atoms with Crippen LogP contribution in [0.25, 0.3) is 11.2 Å². The van der Waals surface area contributed by atoms with E-state index in [4.69, 9.17) is 24.5 Å². The van der Waals surface area contributed by atoms with Crippen LogP contribution in [0.5, 0.6) is 0 Å². The molecule has 3 rings (SSSR count). The molecule has 1 saturated heterocycles. The van der Waals surface area contributed by atoms with Crippen LogP contribution in [0, 0.1) is 0 Å². The second-order valence-corrected chi connectivity index (χ2v) is 12.5. The number of aromatic nitrogens is 4. The van der Waals surface area contributed by atoms with Crippen molar-refractivity contribution in [2.75, 3.05) is 12.3 Å². The highest BCUT2D eigenvalue weighted by Gasteiger charge is 2.71. The van der Waals surface area contributed by atoms with E-state index in [2.05, 4.69) is 25.1 Å². The van der Waals surface area contributed by atoms with Crippen LogP contribution < -0.4 is 21.5 Å². The van der Waals surface area contributed by atoms with Crippen molar-refractivity contribution in [1.29, 1.82) is 0 Å². The zero-order chi connectivity index (χ0) is 33.4. The Bertz CT molecular complexity index is 1440. The summed E-state index contributed by atoms with van der Waals surface area (Å²) in [5.74, 6) is -6.92. The number of rotatable bonds is 13.